The number of benzene rings is 1. The molecule has 3 rings (SSSR count). The van der Waals surface area contributed by atoms with E-state index < -0.39 is 0 Å². The molecule has 1 aromatic carbocycles. The minimum Gasteiger partial charge on any atom is -0.381 e. The van der Waals surface area contributed by atoms with Crippen LogP contribution >= 0.6 is 0 Å². The van der Waals surface area contributed by atoms with Gasteiger partial charge in [-0.25, -0.2) is 4.99 Å². The molecule has 21 heavy (non-hydrogen) atoms. The monoisotopic (exact) mass is 287 g/mol. The maximum Gasteiger partial charge on any atom is 0.193 e. The Balaban J connectivity index is 1.68. The van der Waals surface area contributed by atoms with Crippen LogP contribution in [-0.4, -0.2) is 25.2 Å². The van der Waals surface area contributed by atoms with Crippen LogP contribution in [0.15, 0.2) is 23.2 Å². The van der Waals surface area contributed by atoms with E-state index in [-0.39, 0.29) is 5.41 Å². The van der Waals surface area contributed by atoms with E-state index in [2.05, 4.69) is 31.3 Å². The van der Waals surface area contributed by atoms with Gasteiger partial charge in [0.15, 0.2) is 5.96 Å². The van der Waals surface area contributed by atoms with Crippen LogP contribution in [0.3, 0.4) is 0 Å². The Morgan fingerprint density at radius 1 is 1.33 bits per heavy atom. The molecular weight excluding hydrogens is 262 g/mol. The lowest BCUT2D eigenvalue weighted by molar-refractivity contribution is -0.150. The third-order valence-corrected chi connectivity index (χ3v) is 5.39. The van der Waals surface area contributed by atoms with Crippen molar-refractivity contribution in [1.82, 2.24) is 0 Å². The molecule has 0 bridgehead atoms. The zero-order valence-corrected chi connectivity index (χ0v) is 13.1. The molecular formula is C17H25N3O. The second-order valence-corrected chi connectivity index (χ2v) is 6.50. The Hall–Kier alpha value is -1.55. The van der Waals surface area contributed by atoms with Crippen molar-refractivity contribution < 1.29 is 4.74 Å². The van der Waals surface area contributed by atoms with Gasteiger partial charge in [0.2, 0.25) is 0 Å². The Bertz CT molecular complexity index is 563. The summed E-state index contributed by atoms with van der Waals surface area (Å²) in [6.07, 6.45) is 5.09. The summed E-state index contributed by atoms with van der Waals surface area (Å²) in [5.41, 5.74) is 9.90. The first-order valence-electron chi connectivity index (χ1n) is 7.75. The maximum absolute atomic E-state index is 6.09. The highest BCUT2D eigenvalue weighted by Crippen LogP contribution is 2.58. The lowest BCUT2D eigenvalue weighted by Gasteiger charge is -2.59. The van der Waals surface area contributed by atoms with E-state index in [1.807, 2.05) is 6.07 Å². The van der Waals surface area contributed by atoms with Crippen molar-refractivity contribution in [3.8, 4) is 0 Å². The Labute approximate surface area is 126 Å². The van der Waals surface area contributed by atoms with Gasteiger partial charge in [-0.05, 0) is 56.4 Å². The molecule has 2 unspecified atom stereocenters. The smallest absolute Gasteiger partial charge is 0.193 e. The summed E-state index contributed by atoms with van der Waals surface area (Å²) in [4.78, 5) is 4.71. The number of nitrogens with zero attached hydrogens (tertiary/aromatic N) is 1. The normalized spacial score (nSPS) is 27.1. The van der Waals surface area contributed by atoms with Crippen LogP contribution in [0.2, 0.25) is 0 Å². The predicted molar refractivity (Wildman–Crippen MR) is 86.6 cm³/mol. The molecule has 2 saturated carbocycles. The van der Waals surface area contributed by atoms with Crippen molar-refractivity contribution >= 4 is 11.6 Å². The molecule has 1 aromatic rings. The summed E-state index contributed by atoms with van der Waals surface area (Å²) in [5.74, 6) is 0.518. The molecule has 1 spiro atoms. The van der Waals surface area contributed by atoms with Gasteiger partial charge >= 0.3 is 0 Å². The van der Waals surface area contributed by atoms with Crippen molar-refractivity contribution in [2.45, 2.75) is 51.7 Å². The number of aliphatic imine (C=N–C) groups is 1. The zero-order valence-electron chi connectivity index (χ0n) is 13.1. The molecule has 0 aromatic heterocycles. The number of guanidine groups is 1. The molecule has 0 heterocycles. The van der Waals surface area contributed by atoms with Gasteiger partial charge in [0.05, 0.1) is 12.1 Å². The van der Waals surface area contributed by atoms with Crippen LogP contribution in [0.1, 0.15) is 36.8 Å². The number of hydrogen-bond acceptors (Lipinski definition) is 2. The van der Waals surface area contributed by atoms with Crippen LogP contribution in [0.25, 0.3) is 0 Å². The van der Waals surface area contributed by atoms with Crippen molar-refractivity contribution in [3.63, 3.8) is 0 Å². The number of hydrogen-bond donors (Lipinski definition) is 2. The summed E-state index contributed by atoms with van der Waals surface area (Å²) >= 11 is 0. The number of nitrogens with two attached hydrogens (primary N) is 1. The molecule has 0 amide bonds. The van der Waals surface area contributed by atoms with Crippen LogP contribution in [-0.2, 0) is 4.74 Å². The van der Waals surface area contributed by atoms with Crippen LogP contribution in [0, 0.1) is 19.3 Å². The minimum absolute atomic E-state index is 0.268. The van der Waals surface area contributed by atoms with Gasteiger partial charge in [0.25, 0.3) is 0 Å². The van der Waals surface area contributed by atoms with Gasteiger partial charge in [-0.2, -0.15) is 0 Å². The molecule has 4 nitrogen and oxygen atoms in total. The van der Waals surface area contributed by atoms with Crippen molar-refractivity contribution in [1.29, 1.82) is 0 Å². The molecule has 4 heteroatoms. The molecule has 2 aliphatic carbocycles. The summed E-state index contributed by atoms with van der Waals surface area (Å²) in [6, 6.07) is 6.57. The average Bonchev–Trinajstić information content (AvgIpc) is 2.36. The summed E-state index contributed by atoms with van der Waals surface area (Å²) in [5, 5.41) is 3.21. The van der Waals surface area contributed by atoms with Crippen LogP contribution in [0.5, 0.6) is 0 Å². The fourth-order valence-electron chi connectivity index (χ4n) is 3.65. The van der Waals surface area contributed by atoms with E-state index in [1.165, 1.54) is 30.4 Å². The summed E-state index contributed by atoms with van der Waals surface area (Å²) in [7, 11) is 1.81. The van der Waals surface area contributed by atoms with Gasteiger partial charge in [0.1, 0.15) is 0 Å². The first-order valence-corrected chi connectivity index (χ1v) is 7.75. The van der Waals surface area contributed by atoms with Crippen LogP contribution in [0.4, 0.5) is 5.69 Å². The minimum atomic E-state index is 0.268. The SMILES string of the molecule is COC1CC(N=C(N)Nc2ccc(C)c(C)c2)C12CCC2. The topological polar surface area (TPSA) is 59.6 Å². The third-order valence-electron chi connectivity index (χ3n) is 5.39. The second kappa shape index (κ2) is 5.34. The molecule has 3 N–H and O–H groups in total. The number of aryl methyl sites for hydroxylation is 2. The van der Waals surface area contributed by atoms with Gasteiger partial charge in [-0.3, -0.25) is 0 Å². The van der Waals surface area contributed by atoms with Crippen LogP contribution < -0.4 is 11.1 Å². The highest BCUT2D eigenvalue weighted by Gasteiger charge is 2.58. The summed E-state index contributed by atoms with van der Waals surface area (Å²) < 4.78 is 5.57. The molecule has 0 saturated heterocycles. The van der Waals surface area contributed by atoms with Crippen molar-refractivity contribution in [2.24, 2.45) is 16.1 Å². The molecule has 0 radical (unpaired) electrons. The molecule has 114 valence electrons. The number of rotatable bonds is 3. The maximum atomic E-state index is 6.09. The van der Waals surface area contributed by atoms with E-state index in [1.54, 1.807) is 7.11 Å². The lowest BCUT2D eigenvalue weighted by atomic mass is 9.51. The van der Waals surface area contributed by atoms with Gasteiger partial charge in [-0.1, -0.05) is 12.5 Å². The van der Waals surface area contributed by atoms with E-state index >= 15 is 0 Å². The molecule has 2 atom stereocenters. The fourth-order valence-corrected chi connectivity index (χ4v) is 3.65. The number of anilines is 1. The predicted octanol–water partition coefficient (Wildman–Crippen LogP) is 2.99. The second-order valence-electron chi connectivity index (χ2n) is 6.50. The number of methoxy groups -OCH3 is 1. The first-order chi connectivity index (χ1) is 10.0. The largest absolute Gasteiger partial charge is 0.381 e. The van der Waals surface area contributed by atoms with Crippen molar-refractivity contribution in [3.05, 3.63) is 29.3 Å². The number of nitrogens with one attached hydrogen (secondary N) is 1. The van der Waals surface area contributed by atoms with E-state index in [9.17, 15) is 0 Å². The zero-order chi connectivity index (χ0) is 15.0. The van der Waals surface area contributed by atoms with Crippen molar-refractivity contribution in [2.75, 3.05) is 12.4 Å². The Morgan fingerprint density at radius 3 is 2.67 bits per heavy atom. The Morgan fingerprint density at radius 2 is 2.10 bits per heavy atom. The van der Waals surface area contributed by atoms with E-state index in [0.717, 1.165) is 12.1 Å². The average molecular weight is 287 g/mol. The molecule has 2 fully saturated rings. The quantitative estimate of drug-likeness (QED) is 0.663. The Kier molecular flexibility index (Phi) is 3.66. The third kappa shape index (κ3) is 2.42. The van der Waals surface area contributed by atoms with Gasteiger partial charge in [-0.15, -0.1) is 0 Å². The van der Waals surface area contributed by atoms with E-state index in [4.69, 9.17) is 15.5 Å². The summed E-state index contributed by atoms with van der Waals surface area (Å²) in [6.45, 7) is 4.21. The lowest BCUT2D eigenvalue weighted by Crippen LogP contribution is -2.61. The van der Waals surface area contributed by atoms with Gasteiger partial charge in [0, 0.05) is 18.2 Å². The molecule has 0 aliphatic heterocycles. The highest BCUT2D eigenvalue weighted by molar-refractivity contribution is 5.92. The van der Waals surface area contributed by atoms with E-state index in [0.29, 0.717) is 18.1 Å². The first kappa shape index (κ1) is 14.4. The highest BCUT2D eigenvalue weighted by atomic mass is 16.5. The fraction of sp³-hybridized carbons (Fsp3) is 0.588. The number of ether oxygens (including phenoxy) is 1. The standard InChI is InChI=1S/C17H25N3O/c1-11-5-6-13(9-12(11)2)19-16(18)20-14-10-15(21-3)17(14)7-4-8-17/h5-6,9,14-15H,4,7-8,10H2,1-3H3,(H3,18,19,20). The van der Waals surface area contributed by atoms with Gasteiger partial charge < -0.3 is 15.8 Å². The molecule has 2 aliphatic rings.